The molecule has 1 amide bonds. The van der Waals surface area contributed by atoms with E-state index in [1.807, 2.05) is 0 Å². The highest BCUT2D eigenvalue weighted by atomic mass is 32.2. The zero-order valence-electron chi connectivity index (χ0n) is 13.3. The van der Waals surface area contributed by atoms with Crippen molar-refractivity contribution >= 4 is 32.4 Å². The summed E-state index contributed by atoms with van der Waals surface area (Å²) in [6.45, 7) is 2.35. The zero-order valence-corrected chi connectivity index (χ0v) is 15.0. The van der Waals surface area contributed by atoms with E-state index in [4.69, 9.17) is 0 Å². The van der Waals surface area contributed by atoms with Crippen molar-refractivity contribution in [1.82, 2.24) is 24.1 Å². The van der Waals surface area contributed by atoms with E-state index in [1.54, 1.807) is 24.0 Å². The van der Waals surface area contributed by atoms with E-state index in [0.29, 0.717) is 36.9 Å². The predicted molar refractivity (Wildman–Crippen MR) is 88.0 cm³/mol. The second-order valence-corrected chi connectivity index (χ2v) is 8.37. The van der Waals surface area contributed by atoms with E-state index in [9.17, 15) is 13.2 Å². The number of hydrogen-bond donors (Lipinski definition) is 1. The van der Waals surface area contributed by atoms with Crippen LogP contribution in [0.5, 0.6) is 0 Å². The Bertz CT molecular complexity index is 803. The Morgan fingerprint density at radius 2 is 2.08 bits per heavy atom. The molecule has 3 heterocycles. The number of rotatable bonds is 4. The Kier molecular flexibility index (Phi) is 4.65. The lowest BCUT2D eigenvalue weighted by Crippen LogP contribution is -2.41. The number of carbonyl (C=O) groups is 1. The molecular formula is C13H18N6O3S2. The van der Waals surface area contributed by atoms with Crippen LogP contribution in [0.2, 0.25) is 0 Å². The number of hydrogen-bond acceptors (Lipinski definition) is 7. The number of anilines is 1. The van der Waals surface area contributed by atoms with Crippen molar-refractivity contribution in [2.45, 2.75) is 24.8 Å². The number of amides is 1. The number of aryl methyl sites for hydroxylation is 2. The normalized spacial score (nSPS) is 17.1. The number of imidazole rings is 1. The first kappa shape index (κ1) is 17.0. The van der Waals surface area contributed by atoms with Crippen LogP contribution in [0.3, 0.4) is 0 Å². The van der Waals surface area contributed by atoms with Crippen LogP contribution in [0, 0.1) is 12.8 Å². The van der Waals surface area contributed by atoms with Gasteiger partial charge in [-0.05, 0) is 19.8 Å². The van der Waals surface area contributed by atoms with Gasteiger partial charge in [0, 0.05) is 32.3 Å². The second-order valence-electron chi connectivity index (χ2n) is 5.65. The van der Waals surface area contributed by atoms with E-state index in [2.05, 4.69) is 20.5 Å². The van der Waals surface area contributed by atoms with Crippen molar-refractivity contribution in [2.24, 2.45) is 13.0 Å². The summed E-state index contributed by atoms with van der Waals surface area (Å²) in [5.74, 6) is 0.267. The number of piperidine rings is 1. The molecule has 0 aliphatic carbocycles. The van der Waals surface area contributed by atoms with Crippen molar-refractivity contribution < 1.29 is 13.2 Å². The summed E-state index contributed by atoms with van der Waals surface area (Å²) >= 11 is 1.25. The fourth-order valence-corrected chi connectivity index (χ4v) is 4.52. The van der Waals surface area contributed by atoms with Crippen LogP contribution >= 0.6 is 11.3 Å². The van der Waals surface area contributed by atoms with Crippen molar-refractivity contribution in [3.8, 4) is 0 Å². The first-order valence-electron chi connectivity index (χ1n) is 7.45. The van der Waals surface area contributed by atoms with Gasteiger partial charge in [0.25, 0.3) is 10.0 Å². The van der Waals surface area contributed by atoms with Gasteiger partial charge in [0.1, 0.15) is 11.3 Å². The van der Waals surface area contributed by atoms with Gasteiger partial charge >= 0.3 is 0 Å². The third kappa shape index (κ3) is 3.32. The van der Waals surface area contributed by atoms with Crippen LogP contribution in [0.25, 0.3) is 0 Å². The highest BCUT2D eigenvalue weighted by molar-refractivity contribution is 7.89. The number of sulfonamides is 1. The van der Waals surface area contributed by atoms with Crippen molar-refractivity contribution in [2.75, 3.05) is 18.4 Å². The molecule has 0 radical (unpaired) electrons. The van der Waals surface area contributed by atoms with E-state index in [-0.39, 0.29) is 16.9 Å². The van der Waals surface area contributed by atoms with Crippen LogP contribution in [0.4, 0.5) is 5.13 Å². The molecule has 1 aliphatic heterocycles. The van der Waals surface area contributed by atoms with Crippen LogP contribution in [0.15, 0.2) is 16.7 Å². The SMILES string of the molecule is Cc1nc(S(=O)(=O)N2CCC(C(=O)Nc3nncs3)CC2)cn1C. The van der Waals surface area contributed by atoms with E-state index in [0.717, 1.165) is 0 Å². The maximum atomic E-state index is 12.6. The maximum absolute atomic E-state index is 12.6. The van der Waals surface area contributed by atoms with Crippen LogP contribution < -0.4 is 5.32 Å². The van der Waals surface area contributed by atoms with Crippen LogP contribution in [-0.4, -0.2) is 51.5 Å². The van der Waals surface area contributed by atoms with Gasteiger partial charge in [0.05, 0.1) is 0 Å². The summed E-state index contributed by atoms with van der Waals surface area (Å²) in [4.78, 5) is 16.3. The molecule has 0 saturated carbocycles. The van der Waals surface area contributed by atoms with Gasteiger partial charge in [-0.15, -0.1) is 10.2 Å². The molecule has 1 saturated heterocycles. The molecule has 130 valence electrons. The van der Waals surface area contributed by atoms with Gasteiger partial charge in [0.15, 0.2) is 5.03 Å². The quantitative estimate of drug-likeness (QED) is 0.845. The highest BCUT2D eigenvalue weighted by Gasteiger charge is 2.33. The Morgan fingerprint density at radius 3 is 2.62 bits per heavy atom. The molecule has 1 N–H and O–H groups in total. The minimum atomic E-state index is -3.61. The monoisotopic (exact) mass is 370 g/mol. The van der Waals surface area contributed by atoms with Crippen molar-refractivity contribution in [3.05, 3.63) is 17.5 Å². The lowest BCUT2D eigenvalue weighted by Gasteiger charge is -2.29. The third-order valence-electron chi connectivity index (χ3n) is 4.11. The number of nitrogens with zero attached hydrogens (tertiary/aromatic N) is 5. The molecule has 0 spiro atoms. The second kappa shape index (κ2) is 6.57. The minimum absolute atomic E-state index is 0.0549. The van der Waals surface area contributed by atoms with Crippen LogP contribution in [0.1, 0.15) is 18.7 Å². The van der Waals surface area contributed by atoms with Gasteiger partial charge in [-0.1, -0.05) is 11.3 Å². The lowest BCUT2D eigenvalue weighted by molar-refractivity contribution is -0.120. The molecule has 11 heteroatoms. The Morgan fingerprint density at radius 1 is 1.38 bits per heavy atom. The standard InChI is InChI=1S/C13H18N6O3S2/c1-9-15-11(7-18(9)2)24(21,22)19-5-3-10(4-6-19)12(20)16-13-17-14-8-23-13/h7-8,10H,3-6H2,1-2H3,(H,16,17,20). The van der Waals surface area contributed by atoms with E-state index < -0.39 is 10.0 Å². The topological polar surface area (TPSA) is 110 Å². The molecule has 0 atom stereocenters. The highest BCUT2D eigenvalue weighted by Crippen LogP contribution is 2.24. The molecular weight excluding hydrogens is 352 g/mol. The molecule has 1 aliphatic rings. The predicted octanol–water partition coefficient (Wildman–Crippen LogP) is 0.619. The average Bonchev–Trinajstić information content (AvgIpc) is 3.18. The lowest BCUT2D eigenvalue weighted by atomic mass is 9.97. The van der Waals surface area contributed by atoms with Gasteiger partial charge in [0.2, 0.25) is 11.0 Å². The molecule has 2 aromatic rings. The average molecular weight is 370 g/mol. The first-order chi connectivity index (χ1) is 11.4. The summed E-state index contributed by atoms with van der Waals surface area (Å²) in [5, 5.41) is 10.7. The summed E-state index contributed by atoms with van der Waals surface area (Å²) in [7, 11) is -1.86. The number of nitrogens with one attached hydrogen (secondary N) is 1. The third-order valence-corrected chi connectivity index (χ3v) is 6.48. The smallest absolute Gasteiger partial charge is 0.262 e. The van der Waals surface area contributed by atoms with Gasteiger partial charge < -0.3 is 9.88 Å². The van der Waals surface area contributed by atoms with Crippen LogP contribution in [-0.2, 0) is 21.9 Å². The molecule has 2 aromatic heterocycles. The van der Waals surface area contributed by atoms with Gasteiger partial charge in [-0.2, -0.15) is 4.31 Å². The fourth-order valence-electron chi connectivity index (χ4n) is 2.58. The molecule has 1 fully saturated rings. The number of aromatic nitrogens is 4. The van der Waals surface area contributed by atoms with Crippen molar-refractivity contribution in [3.63, 3.8) is 0 Å². The van der Waals surface area contributed by atoms with Gasteiger partial charge in [-0.3, -0.25) is 4.79 Å². The summed E-state index contributed by atoms with van der Waals surface area (Å²) in [6, 6.07) is 0. The molecule has 24 heavy (non-hydrogen) atoms. The fraction of sp³-hybridized carbons (Fsp3) is 0.538. The van der Waals surface area contributed by atoms with Crippen molar-refractivity contribution in [1.29, 1.82) is 0 Å². The van der Waals surface area contributed by atoms with E-state index >= 15 is 0 Å². The molecule has 0 unspecified atom stereocenters. The first-order valence-corrected chi connectivity index (χ1v) is 9.77. The summed E-state index contributed by atoms with van der Waals surface area (Å²) in [6.07, 6.45) is 2.45. The Balaban J connectivity index is 1.63. The number of carbonyl (C=O) groups excluding carboxylic acids is 1. The molecule has 3 rings (SSSR count). The van der Waals surface area contributed by atoms with Gasteiger partial charge in [-0.25, -0.2) is 13.4 Å². The largest absolute Gasteiger partial charge is 0.337 e. The summed E-state index contributed by atoms with van der Waals surface area (Å²) in [5.41, 5.74) is 1.54. The molecule has 9 nitrogen and oxygen atoms in total. The van der Waals surface area contributed by atoms with E-state index in [1.165, 1.54) is 21.8 Å². The molecule has 0 aromatic carbocycles. The Hall–Kier alpha value is -1.85. The Labute approximate surface area is 143 Å². The summed E-state index contributed by atoms with van der Waals surface area (Å²) < 4.78 is 28.3. The molecule has 0 bridgehead atoms. The maximum Gasteiger partial charge on any atom is 0.262 e. The minimum Gasteiger partial charge on any atom is -0.337 e. The zero-order chi connectivity index (χ0) is 17.3.